The Labute approximate surface area is 86.9 Å². The average molecular weight is 211 g/mol. The molecule has 1 heterocycles. The zero-order valence-electron chi connectivity index (χ0n) is 8.08. The van der Waals surface area contributed by atoms with Gasteiger partial charge < -0.3 is 10.5 Å². The van der Waals surface area contributed by atoms with Crippen LogP contribution in [0.2, 0.25) is 0 Å². The highest BCUT2D eigenvalue weighted by Crippen LogP contribution is 2.40. The van der Waals surface area contributed by atoms with Crippen LogP contribution in [0.15, 0.2) is 6.07 Å². The van der Waals surface area contributed by atoms with E-state index >= 15 is 0 Å². The molecule has 0 saturated heterocycles. The van der Waals surface area contributed by atoms with Crippen LogP contribution in [0.3, 0.4) is 0 Å². The van der Waals surface area contributed by atoms with Gasteiger partial charge in [0.15, 0.2) is 0 Å². The third kappa shape index (κ3) is 1.50. The molecule has 76 valence electrons. The molecule has 0 fully saturated rings. The van der Waals surface area contributed by atoms with Gasteiger partial charge in [-0.3, -0.25) is 4.79 Å². The number of esters is 1. The molecular weight excluding hydrogens is 198 g/mol. The number of hydrogen-bond acceptors (Lipinski definition) is 4. The number of aryl methyl sites for hydroxylation is 1. The second-order valence-corrected chi connectivity index (χ2v) is 4.54. The Morgan fingerprint density at radius 1 is 1.79 bits per heavy atom. The summed E-state index contributed by atoms with van der Waals surface area (Å²) in [5.41, 5.74) is 6.78. The van der Waals surface area contributed by atoms with Gasteiger partial charge in [0.25, 0.3) is 0 Å². The van der Waals surface area contributed by atoms with E-state index in [1.165, 1.54) is 4.88 Å². The zero-order valence-corrected chi connectivity index (χ0v) is 8.89. The van der Waals surface area contributed by atoms with Crippen LogP contribution >= 0.6 is 11.3 Å². The fourth-order valence-corrected chi connectivity index (χ4v) is 2.88. The number of nitrogen functional groups attached to an aromatic ring is 1. The van der Waals surface area contributed by atoms with Crippen molar-refractivity contribution in [2.24, 2.45) is 0 Å². The Hall–Kier alpha value is -1.03. The van der Waals surface area contributed by atoms with Crippen molar-refractivity contribution in [3.63, 3.8) is 0 Å². The summed E-state index contributed by atoms with van der Waals surface area (Å²) in [4.78, 5) is 12.8. The first-order valence-corrected chi connectivity index (χ1v) is 5.58. The molecule has 0 aromatic carbocycles. The molecule has 2 rings (SSSR count). The van der Waals surface area contributed by atoms with E-state index < -0.39 is 0 Å². The van der Waals surface area contributed by atoms with Crippen LogP contribution < -0.4 is 5.73 Å². The summed E-state index contributed by atoms with van der Waals surface area (Å²) in [6.07, 6.45) is 1.83. The van der Waals surface area contributed by atoms with Crippen LogP contribution in [0.25, 0.3) is 0 Å². The van der Waals surface area contributed by atoms with Crippen molar-refractivity contribution in [3.8, 4) is 0 Å². The van der Waals surface area contributed by atoms with Crippen LogP contribution in [0.4, 0.5) is 5.00 Å². The minimum absolute atomic E-state index is 0.0708. The molecule has 1 atom stereocenters. The largest absolute Gasteiger partial charge is 0.466 e. The van der Waals surface area contributed by atoms with Gasteiger partial charge in [-0.2, -0.15) is 0 Å². The van der Waals surface area contributed by atoms with Gasteiger partial charge in [-0.1, -0.05) is 0 Å². The molecule has 4 heteroatoms. The molecule has 0 aliphatic heterocycles. The lowest BCUT2D eigenvalue weighted by atomic mass is 10.0. The Bertz CT molecular complexity index is 359. The molecule has 0 amide bonds. The van der Waals surface area contributed by atoms with Gasteiger partial charge in [0, 0.05) is 4.88 Å². The summed E-state index contributed by atoms with van der Waals surface area (Å²) >= 11 is 1.59. The first-order valence-electron chi connectivity index (χ1n) is 4.77. The minimum Gasteiger partial charge on any atom is -0.466 e. The highest BCUT2D eigenvalue weighted by Gasteiger charge is 2.31. The van der Waals surface area contributed by atoms with Crippen molar-refractivity contribution in [2.75, 3.05) is 12.3 Å². The topological polar surface area (TPSA) is 52.3 Å². The molecule has 3 nitrogen and oxygen atoms in total. The molecule has 1 aromatic heterocycles. The van der Waals surface area contributed by atoms with Gasteiger partial charge in [-0.05, 0) is 31.4 Å². The maximum atomic E-state index is 11.6. The number of carbonyl (C=O) groups is 1. The van der Waals surface area contributed by atoms with Crippen molar-refractivity contribution in [3.05, 3.63) is 16.5 Å². The van der Waals surface area contributed by atoms with E-state index in [-0.39, 0.29) is 11.9 Å². The Morgan fingerprint density at radius 2 is 2.57 bits per heavy atom. The molecule has 0 unspecified atom stereocenters. The van der Waals surface area contributed by atoms with Crippen molar-refractivity contribution in [2.45, 2.75) is 25.7 Å². The number of carbonyl (C=O) groups excluding carboxylic acids is 1. The Kier molecular flexibility index (Phi) is 2.46. The van der Waals surface area contributed by atoms with Gasteiger partial charge in [0.05, 0.1) is 17.5 Å². The van der Waals surface area contributed by atoms with Gasteiger partial charge in [-0.25, -0.2) is 0 Å². The lowest BCUT2D eigenvalue weighted by Crippen LogP contribution is -2.13. The molecule has 1 aliphatic carbocycles. The Balaban J connectivity index is 2.20. The summed E-state index contributed by atoms with van der Waals surface area (Å²) in [5.74, 6) is -0.178. The monoisotopic (exact) mass is 211 g/mol. The average Bonchev–Trinajstić information content (AvgIpc) is 2.62. The second-order valence-electron chi connectivity index (χ2n) is 3.37. The zero-order chi connectivity index (χ0) is 10.1. The highest BCUT2D eigenvalue weighted by atomic mass is 32.1. The summed E-state index contributed by atoms with van der Waals surface area (Å²) in [6.45, 7) is 2.28. The predicted octanol–water partition coefficient (Wildman–Crippen LogP) is 1.92. The highest BCUT2D eigenvalue weighted by molar-refractivity contribution is 7.16. The third-order valence-electron chi connectivity index (χ3n) is 2.47. The maximum absolute atomic E-state index is 11.6. The van der Waals surface area contributed by atoms with Crippen molar-refractivity contribution in [1.29, 1.82) is 0 Å². The number of ether oxygens (including phenoxy) is 1. The van der Waals surface area contributed by atoms with Crippen LogP contribution in [0, 0.1) is 0 Å². The summed E-state index contributed by atoms with van der Waals surface area (Å²) in [6, 6.07) is 1.91. The fraction of sp³-hybridized carbons (Fsp3) is 0.500. The standard InChI is InChI=1S/C10H13NO2S/c1-2-13-10(12)6-3-4-8-7(6)5-9(11)14-8/h5-6H,2-4,11H2,1H3/t6-/m1/s1. The molecule has 0 radical (unpaired) electrons. The lowest BCUT2D eigenvalue weighted by molar-refractivity contribution is -0.144. The number of thiophene rings is 1. The van der Waals surface area contributed by atoms with Gasteiger partial charge in [0.2, 0.25) is 0 Å². The molecule has 0 saturated carbocycles. The normalized spacial score (nSPS) is 19.4. The van der Waals surface area contributed by atoms with E-state index in [1.807, 2.05) is 13.0 Å². The molecule has 14 heavy (non-hydrogen) atoms. The SMILES string of the molecule is CCOC(=O)[C@@H]1CCc2sc(N)cc21. The van der Waals surface area contributed by atoms with Gasteiger partial charge in [-0.15, -0.1) is 11.3 Å². The van der Waals surface area contributed by atoms with Crippen molar-refractivity contribution < 1.29 is 9.53 Å². The summed E-state index contributed by atoms with van der Waals surface area (Å²) in [7, 11) is 0. The van der Waals surface area contributed by atoms with E-state index in [9.17, 15) is 4.79 Å². The van der Waals surface area contributed by atoms with E-state index in [4.69, 9.17) is 10.5 Å². The second kappa shape index (κ2) is 3.61. The number of anilines is 1. The Morgan fingerprint density at radius 3 is 3.29 bits per heavy atom. The lowest BCUT2D eigenvalue weighted by Gasteiger charge is -2.08. The first-order chi connectivity index (χ1) is 6.72. The van der Waals surface area contributed by atoms with E-state index in [0.717, 1.165) is 23.4 Å². The molecule has 2 N–H and O–H groups in total. The van der Waals surface area contributed by atoms with E-state index in [2.05, 4.69) is 0 Å². The third-order valence-corrected chi connectivity index (χ3v) is 3.51. The molecular formula is C10H13NO2S. The van der Waals surface area contributed by atoms with Crippen LogP contribution in [0.5, 0.6) is 0 Å². The molecule has 0 bridgehead atoms. The predicted molar refractivity (Wildman–Crippen MR) is 56.4 cm³/mol. The quantitative estimate of drug-likeness (QED) is 0.760. The van der Waals surface area contributed by atoms with Gasteiger partial charge in [0.1, 0.15) is 0 Å². The minimum atomic E-state index is -0.107. The fourth-order valence-electron chi connectivity index (χ4n) is 1.87. The molecule has 0 spiro atoms. The summed E-state index contributed by atoms with van der Waals surface area (Å²) < 4.78 is 5.02. The number of nitrogens with two attached hydrogens (primary N) is 1. The number of rotatable bonds is 2. The van der Waals surface area contributed by atoms with Crippen molar-refractivity contribution in [1.82, 2.24) is 0 Å². The van der Waals surface area contributed by atoms with Crippen LogP contribution in [-0.4, -0.2) is 12.6 Å². The first kappa shape index (κ1) is 9.52. The maximum Gasteiger partial charge on any atom is 0.313 e. The van der Waals surface area contributed by atoms with E-state index in [1.54, 1.807) is 11.3 Å². The smallest absolute Gasteiger partial charge is 0.313 e. The molecule has 1 aromatic rings. The van der Waals surface area contributed by atoms with E-state index in [0.29, 0.717) is 6.61 Å². The molecule has 1 aliphatic rings. The van der Waals surface area contributed by atoms with Crippen LogP contribution in [0.1, 0.15) is 29.7 Å². The van der Waals surface area contributed by atoms with Crippen molar-refractivity contribution >= 4 is 22.3 Å². The van der Waals surface area contributed by atoms with Gasteiger partial charge >= 0.3 is 5.97 Å². The number of hydrogen-bond donors (Lipinski definition) is 1. The number of fused-ring (bicyclic) bond motifs is 1. The van der Waals surface area contributed by atoms with Crippen LogP contribution in [-0.2, 0) is 16.0 Å². The summed E-state index contributed by atoms with van der Waals surface area (Å²) in [5, 5.41) is 0.795.